The number of likely N-dealkylation sites (tertiary alicyclic amines) is 3. The van der Waals surface area contributed by atoms with Crippen molar-refractivity contribution in [1.29, 1.82) is 0 Å². The Balaban J connectivity index is 1.28. The van der Waals surface area contributed by atoms with Gasteiger partial charge in [0.05, 0.1) is 11.0 Å². The number of nitrogens with one attached hydrogen (secondary N) is 2. The Bertz CT molecular complexity index is 1220. The highest BCUT2D eigenvalue weighted by atomic mass is 32.1. The Morgan fingerprint density at radius 3 is 2.61 bits per heavy atom. The van der Waals surface area contributed by atoms with E-state index >= 15 is 0 Å². The molecule has 9 nitrogen and oxygen atoms in total. The number of nitrogens with zero attached hydrogens (tertiary/aromatic N) is 4. The second-order valence-electron chi connectivity index (χ2n) is 11.3. The molecule has 206 valence electrons. The van der Waals surface area contributed by atoms with Crippen molar-refractivity contribution in [2.24, 2.45) is 5.41 Å². The lowest BCUT2D eigenvalue weighted by Crippen LogP contribution is -2.54. The van der Waals surface area contributed by atoms with Crippen LogP contribution in [0.5, 0.6) is 0 Å². The molecule has 5 heterocycles. The van der Waals surface area contributed by atoms with Crippen molar-refractivity contribution in [1.82, 2.24) is 25.0 Å². The number of carbonyl (C=O) groups excluding carboxylic acids is 3. The zero-order chi connectivity index (χ0) is 27.0. The average Bonchev–Trinajstić information content (AvgIpc) is 3.40. The van der Waals surface area contributed by atoms with Gasteiger partial charge in [-0.05, 0) is 78.5 Å². The molecular formula is C28H40N6O3S. The third kappa shape index (κ3) is 5.00. The molecule has 4 amide bonds. The van der Waals surface area contributed by atoms with Crippen molar-refractivity contribution >= 4 is 44.4 Å². The van der Waals surface area contributed by atoms with Crippen LogP contribution in [-0.4, -0.2) is 88.9 Å². The number of hydrogen-bond acceptors (Lipinski definition) is 6. The number of anilines is 1. The van der Waals surface area contributed by atoms with Crippen LogP contribution >= 0.6 is 11.3 Å². The van der Waals surface area contributed by atoms with Gasteiger partial charge in [-0.2, -0.15) is 0 Å². The quantitative estimate of drug-likeness (QED) is 0.596. The standard InChI is InChI=1S/C28H40N6O3S/c1-5-29-27(37)31-24-22(21-8-7-19(4)30-23(21)38-24)25(35)32-14-9-20(10-15-32)33-13-6-11-28(17-33)12-16-34(18(2)3)26(28)36/h7-8,18,20H,5-6,9-17H2,1-4H3,(H2,29,31,37). The number of piperidine rings is 2. The van der Waals surface area contributed by atoms with Crippen LogP contribution in [0.15, 0.2) is 12.1 Å². The molecule has 10 heteroatoms. The fourth-order valence-electron chi connectivity index (χ4n) is 6.47. The summed E-state index contributed by atoms with van der Waals surface area (Å²) in [5, 5.41) is 6.96. The number of aryl methyl sites for hydroxylation is 1. The molecule has 5 rings (SSSR count). The van der Waals surface area contributed by atoms with Crippen molar-refractivity contribution < 1.29 is 14.4 Å². The summed E-state index contributed by atoms with van der Waals surface area (Å²) in [6.07, 6.45) is 4.78. The smallest absolute Gasteiger partial charge is 0.319 e. The highest BCUT2D eigenvalue weighted by Gasteiger charge is 2.50. The van der Waals surface area contributed by atoms with Gasteiger partial charge >= 0.3 is 6.03 Å². The highest BCUT2D eigenvalue weighted by molar-refractivity contribution is 7.23. The van der Waals surface area contributed by atoms with Crippen molar-refractivity contribution in [2.75, 3.05) is 44.6 Å². The number of urea groups is 1. The van der Waals surface area contributed by atoms with Crippen LogP contribution in [0, 0.1) is 12.3 Å². The van der Waals surface area contributed by atoms with Crippen molar-refractivity contribution in [3.05, 3.63) is 23.4 Å². The van der Waals surface area contributed by atoms with Crippen LogP contribution in [0.1, 0.15) is 68.9 Å². The number of aromatic nitrogens is 1. The lowest BCUT2D eigenvalue weighted by atomic mass is 9.77. The van der Waals surface area contributed by atoms with Crippen molar-refractivity contribution in [3.8, 4) is 0 Å². The van der Waals surface area contributed by atoms with Gasteiger partial charge in [0.2, 0.25) is 5.91 Å². The van der Waals surface area contributed by atoms with E-state index in [1.165, 1.54) is 11.3 Å². The molecule has 0 radical (unpaired) electrons. The molecule has 3 saturated heterocycles. The van der Waals surface area contributed by atoms with Crippen LogP contribution in [0.25, 0.3) is 10.2 Å². The molecule has 3 fully saturated rings. The van der Waals surface area contributed by atoms with Crippen LogP contribution in [-0.2, 0) is 4.79 Å². The first-order chi connectivity index (χ1) is 18.2. The summed E-state index contributed by atoms with van der Waals surface area (Å²) in [6, 6.07) is 4.16. The van der Waals surface area contributed by atoms with Gasteiger partial charge in [0, 0.05) is 55.9 Å². The SMILES string of the molecule is CCNC(=O)Nc1sc2nc(C)ccc2c1C(=O)N1CCC(N2CCCC3(CCN(C(C)C)C3=O)C2)CC1. The predicted octanol–water partition coefficient (Wildman–Crippen LogP) is 4.07. The lowest BCUT2D eigenvalue weighted by Gasteiger charge is -2.45. The summed E-state index contributed by atoms with van der Waals surface area (Å²) in [5.41, 5.74) is 1.18. The Morgan fingerprint density at radius 1 is 1.16 bits per heavy atom. The minimum atomic E-state index is -0.319. The van der Waals surface area contributed by atoms with E-state index in [-0.39, 0.29) is 23.4 Å². The Morgan fingerprint density at radius 2 is 1.92 bits per heavy atom. The summed E-state index contributed by atoms with van der Waals surface area (Å²) in [7, 11) is 0. The topological polar surface area (TPSA) is 97.9 Å². The second kappa shape index (κ2) is 10.8. The molecule has 0 saturated carbocycles. The molecular weight excluding hydrogens is 500 g/mol. The van der Waals surface area contributed by atoms with Crippen LogP contribution in [0.4, 0.5) is 9.80 Å². The number of thiophene rings is 1. The fraction of sp³-hybridized carbons (Fsp3) is 0.643. The maximum absolute atomic E-state index is 13.8. The van der Waals surface area contributed by atoms with E-state index in [0.29, 0.717) is 42.1 Å². The Kier molecular flexibility index (Phi) is 7.64. The number of carbonyl (C=O) groups is 3. The van der Waals surface area contributed by atoms with Gasteiger partial charge in [-0.1, -0.05) is 11.3 Å². The molecule has 38 heavy (non-hydrogen) atoms. The van der Waals surface area contributed by atoms with Crippen molar-refractivity contribution in [2.45, 2.75) is 71.9 Å². The minimum absolute atomic E-state index is 0.0548. The third-order valence-electron chi connectivity index (χ3n) is 8.52. The molecule has 2 aromatic heterocycles. The first kappa shape index (κ1) is 26.9. The number of amides is 4. The maximum atomic E-state index is 13.8. The summed E-state index contributed by atoms with van der Waals surface area (Å²) in [4.78, 5) is 51.3. The van der Waals surface area contributed by atoms with Gasteiger partial charge in [0.1, 0.15) is 9.83 Å². The van der Waals surface area contributed by atoms with E-state index in [2.05, 4.69) is 39.3 Å². The fourth-order valence-corrected chi connectivity index (χ4v) is 7.58. The molecule has 3 aliphatic rings. The van der Waals surface area contributed by atoms with Crippen molar-refractivity contribution in [3.63, 3.8) is 0 Å². The molecule has 2 N–H and O–H groups in total. The first-order valence-electron chi connectivity index (χ1n) is 14.0. The van der Waals surface area contributed by atoms with Crippen LogP contribution in [0.3, 0.4) is 0 Å². The molecule has 0 aliphatic carbocycles. The maximum Gasteiger partial charge on any atom is 0.319 e. The normalized spacial score (nSPS) is 23.1. The van der Waals surface area contributed by atoms with E-state index < -0.39 is 0 Å². The summed E-state index contributed by atoms with van der Waals surface area (Å²) in [6.45, 7) is 12.6. The van der Waals surface area contributed by atoms with Gasteiger partial charge in [-0.3, -0.25) is 19.8 Å². The average molecular weight is 541 g/mol. The van der Waals surface area contributed by atoms with E-state index in [1.54, 1.807) is 0 Å². The predicted molar refractivity (Wildman–Crippen MR) is 151 cm³/mol. The first-order valence-corrected chi connectivity index (χ1v) is 14.8. The summed E-state index contributed by atoms with van der Waals surface area (Å²) < 4.78 is 0. The third-order valence-corrected chi connectivity index (χ3v) is 9.53. The molecule has 1 spiro atoms. The summed E-state index contributed by atoms with van der Waals surface area (Å²) >= 11 is 1.35. The number of rotatable bonds is 5. The molecule has 0 aromatic carbocycles. The van der Waals surface area contributed by atoms with E-state index in [0.717, 1.165) is 67.6 Å². The van der Waals surface area contributed by atoms with E-state index in [1.807, 2.05) is 30.9 Å². The largest absolute Gasteiger partial charge is 0.340 e. The zero-order valence-electron chi connectivity index (χ0n) is 23.0. The molecule has 2 aromatic rings. The van der Waals surface area contributed by atoms with E-state index in [4.69, 9.17) is 0 Å². The molecule has 0 bridgehead atoms. The van der Waals surface area contributed by atoms with Crippen LogP contribution in [0.2, 0.25) is 0 Å². The van der Waals surface area contributed by atoms with Gasteiger partial charge < -0.3 is 15.1 Å². The van der Waals surface area contributed by atoms with Gasteiger partial charge in [-0.15, -0.1) is 0 Å². The van der Waals surface area contributed by atoms with Gasteiger partial charge in [0.25, 0.3) is 5.91 Å². The van der Waals surface area contributed by atoms with Crippen LogP contribution < -0.4 is 10.6 Å². The monoisotopic (exact) mass is 540 g/mol. The van der Waals surface area contributed by atoms with Gasteiger partial charge in [0.15, 0.2) is 0 Å². The van der Waals surface area contributed by atoms with E-state index in [9.17, 15) is 14.4 Å². The number of hydrogen-bond donors (Lipinski definition) is 2. The molecule has 1 atom stereocenters. The van der Waals surface area contributed by atoms with Gasteiger partial charge in [-0.25, -0.2) is 9.78 Å². The minimum Gasteiger partial charge on any atom is -0.340 e. The Hall–Kier alpha value is -2.72. The lowest BCUT2D eigenvalue weighted by molar-refractivity contribution is -0.140. The molecule has 1 unspecified atom stereocenters. The highest BCUT2D eigenvalue weighted by Crippen LogP contribution is 2.42. The number of pyridine rings is 1. The molecule has 3 aliphatic heterocycles. The second-order valence-corrected chi connectivity index (χ2v) is 12.3. The number of fused-ring (bicyclic) bond motifs is 1. The summed E-state index contributed by atoms with van der Waals surface area (Å²) in [5.74, 6) is 0.283. The Labute approximate surface area is 228 Å². The zero-order valence-corrected chi connectivity index (χ0v) is 23.8.